The lowest BCUT2D eigenvalue weighted by atomic mass is 10.2. The van der Waals surface area contributed by atoms with E-state index >= 15 is 0 Å². The fourth-order valence-electron chi connectivity index (χ4n) is 1.32. The highest BCUT2D eigenvalue weighted by Crippen LogP contribution is 2.20. The number of nitrogens with zero attached hydrogens (tertiary/aromatic N) is 2. The smallest absolute Gasteiger partial charge is 0.408 e. The van der Waals surface area contributed by atoms with Gasteiger partial charge in [-0.1, -0.05) is 0 Å². The highest BCUT2D eigenvalue weighted by atomic mass is 19.3. The van der Waals surface area contributed by atoms with Crippen LogP contribution in [0, 0.1) is 0 Å². The number of alkyl carbamates (subject to hydrolysis) is 1. The zero-order chi connectivity index (χ0) is 16.2. The van der Waals surface area contributed by atoms with Crippen molar-refractivity contribution in [2.45, 2.75) is 39.3 Å². The van der Waals surface area contributed by atoms with Crippen LogP contribution in [-0.4, -0.2) is 32.7 Å². The van der Waals surface area contributed by atoms with Crippen molar-refractivity contribution in [1.82, 2.24) is 15.3 Å². The van der Waals surface area contributed by atoms with Crippen molar-refractivity contribution >= 4 is 12.1 Å². The van der Waals surface area contributed by atoms with Gasteiger partial charge in [0.1, 0.15) is 22.7 Å². The Labute approximate surface area is 119 Å². The second kappa shape index (κ2) is 6.42. The number of ether oxygens (including phenoxy) is 1. The Morgan fingerprint density at radius 1 is 1.43 bits per heavy atom. The SMILES string of the molecule is CC(C)(C)OC(=O)NCc1ncc(C(=O)O)c(C(F)F)n1. The minimum Gasteiger partial charge on any atom is -0.478 e. The number of hydrogen-bond donors (Lipinski definition) is 2. The second-order valence-corrected chi connectivity index (χ2v) is 5.05. The molecule has 9 heteroatoms. The molecular weight excluding hydrogens is 288 g/mol. The molecule has 0 aliphatic carbocycles. The number of halogens is 2. The zero-order valence-electron chi connectivity index (χ0n) is 11.7. The van der Waals surface area contributed by atoms with E-state index in [0.29, 0.717) is 0 Å². The number of aromatic nitrogens is 2. The molecule has 1 heterocycles. The van der Waals surface area contributed by atoms with Gasteiger partial charge < -0.3 is 15.2 Å². The first-order valence-corrected chi connectivity index (χ1v) is 5.94. The molecule has 0 aromatic carbocycles. The molecule has 1 amide bonds. The number of carboxylic acid groups (broad SMARTS) is 1. The molecule has 2 N–H and O–H groups in total. The Hall–Kier alpha value is -2.32. The van der Waals surface area contributed by atoms with Gasteiger partial charge in [0, 0.05) is 6.20 Å². The van der Waals surface area contributed by atoms with Gasteiger partial charge in [-0.05, 0) is 20.8 Å². The number of aromatic carboxylic acids is 1. The van der Waals surface area contributed by atoms with Crippen molar-refractivity contribution in [2.24, 2.45) is 0 Å². The maximum absolute atomic E-state index is 12.7. The molecule has 0 bridgehead atoms. The molecule has 1 aromatic rings. The topological polar surface area (TPSA) is 101 Å². The molecule has 21 heavy (non-hydrogen) atoms. The fourth-order valence-corrected chi connectivity index (χ4v) is 1.32. The molecule has 0 aliphatic rings. The van der Waals surface area contributed by atoms with E-state index in [4.69, 9.17) is 9.84 Å². The van der Waals surface area contributed by atoms with E-state index < -0.39 is 35.3 Å². The van der Waals surface area contributed by atoms with E-state index in [1.165, 1.54) is 0 Å². The van der Waals surface area contributed by atoms with E-state index in [2.05, 4.69) is 15.3 Å². The van der Waals surface area contributed by atoms with E-state index in [-0.39, 0.29) is 12.4 Å². The van der Waals surface area contributed by atoms with E-state index in [1.807, 2.05) is 0 Å². The fraction of sp³-hybridized carbons (Fsp3) is 0.500. The van der Waals surface area contributed by atoms with Gasteiger partial charge in [0.05, 0.1) is 6.54 Å². The predicted molar refractivity (Wildman–Crippen MR) is 67.0 cm³/mol. The second-order valence-electron chi connectivity index (χ2n) is 5.05. The maximum atomic E-state index is 12.7. The first kappa shape index (κ1) is 16.7. The monoisotopic (exact) mass is 303 g/mol. The van der Waals surface area contributed by atoms with Gasteiger partial charge >= 0.3 is 12.1 Å². The van der Waals surface area contributed by atoms with Crippen molar-refractivity contribution in [3.63, 3.8) is 0 Å². The average molecular weight is 303 g/mol. The normalized spacial score (nSPS) is 11.3. The van der Waals surface area contributed by atoms with Crippen LogP contribution in [0.5, 0.6) is 0 Å². The number of carboxylic acids is 1. The Morgan fingerprint density at radius 2 is 2.05 bits per heavy atom. The molecule has 0 spiro atoms. The summed E-state index contributed by atoms with van der Waals surface area (Å²) in [5.41, 5.74) is -2.27. The number of carbonyl (C=O) groups excluding carboxylic acids is 1. The van der Waals surface area contributed by atoms with Crippen molar-refractivity contribution in [3.05, 3.63) is 23.3 Å². The molecular formula is C12H15F2N3O4. The average Bonchev–Trinajstić information content (AvgIpc) is 2.33. The minimum absolute atomic E-state index is 0.138. The molecule has 1 rings (SSSR count). The first-order valence-electron chi connectivity index (χ1n) is 5.94. The van der Waals surface area contributed by atoms with Crippen molar-refractivity contribution in [3.8, 4) is 0 Å². The number of rotatable bonds is 4. The van der Waals surface area contributed by atoms with E-state index in [1.54, 1.807) is 20.8 Å². The lowest BCUT2D eigenvalue weighted by Crippen LogP contribution is -2.32. The van der Waals surface area contributed by atoms with Crippen molar-refractivity contribution in [1.29, 1.82) is 0 Å². The summed E-state index contributed by atoms with van der Waals surface area (Å²) in [5, 5.41) is 11.0. The highest BCUT2D eigenvalue weighted by molar-refractivity contribution is 5.88. The van der Waals surface area contributed by atoms with Crippen LogP contribution in [0.1, 0.15) is 49.1 Å². The summed E-state index contributed by atoms with van der Waals surface area (Å²) in [7, 11) is 0. The quantitative estimate of drug-likeness (QED) is 0.883. The number of carbonyl (C=O) groups is 2. The first-order chi connectivity index (χ1) is 9.60. The Morgan fingerprint density at radius 3 is 2.52 bits per heavy atom. The summed E-state index contributed by atoms with van der Waals surface area (Å²) in [5.74, 6) is -1.68. The van der Waals surface area contributed by atoms with Crippen LogP contribution in [-0.2, 0) is 11.3 Å². The largest absolute Gasteiger partial charge is 0.478 e. The summed E-state index contributed by atoms with van der Waals surface area (Å²) >= 11 is 0. The number of alkyl halides is 2. The highest BCUT2D eigenvalue weighted by Gasteiger charge is 2.21. The van der Waals surface area contributed by atoms with Gasteiger partial charge in [0.2, 0.25) is 0 Å². The molecule has 0 atom stereocenters. The summed E-state index contributed by atoms with van der Waals surface area (Å²) in [6.45, 7) is 4.74. The molecule has 0 saturated carbocycles. The Balaban J connectivity index is 2.79. The van der Waals surface area contributed by atoms with Gasteiger partial charge in [-0.3, -0.25) is 0 Å². The number of hydrogen-bond acceptors (Lipinski definition) is 5. The molecule has 7 nitrogen and oxygen atoms in total. The third-order valence-corrected chi connectivity index (χ3v) is 2.09. The molecule has 116 valence electrons. The lowest BCUT2D eigenvalue weighted by molar-refractivity contribution is 0.0520. The Bertz CT molecular complexity index is 544. The Kier molecular flexibility index (Phi) is 5.12. The van der Waals surface area contributed by atoms with Gasteiger partial charge in [0.25, 0.3) is 6.43 Å². The van der Waals surface area contributed by atoms with Crippen molar-refractivity contribution < 1.29 is 28.2 Å². The third kappa shape index (κ3) is 5.28. The standard InChI is InChI=1S/C12H15F2N3O4/c1-12(2,3)21-11(20)16-5-7-15-4-6(10(18)19)8(17-7)9(13)14/h4,9H,5H2,1-3H3,(H,16,20)(H,18,19). The van der Waals surface area contributed by atoms with Crippen LogP contribution in [0.2, 0.25) is 0 Å². The van der Waals surface area contributed by atoms with E-state index in [0.717, 1.165) is 6.20 Å². The number of nitrogens with one attached hydrogen (secondary N) is 1. The number of amides is 1. The summed E-state index contributed by atoms with van der Waals surface area (Å²) < 4.78 is 30.4. The van der Waals surface area contributed by atoms with Crippen LogP contribution < -0.4 is 5.32 Å². The summed E-state index contributed by atoms with van der Waals surface area (Å²) in [6.07, 6.45) is -3.03. The maximum Gasteiger partial charge on any atom is 0.408 e. The van der Waals surface area contributed by atoms with Crippen LogP contribution in [0.25, 0.3) is 0 Å². The summed E-state index contributed by atoms with van der Waals surface area (Å²) in [4.78, 5) is 29.2. The molecule has 1 aromatic heterocycles. The molecule has 0 unspecified atom stereocenters. The summed E-state index contributed by atoms with van der Waals surface area (Å²) in [6, 6.07) is 0. The molecule has 0 saturated heterocycles. The third-order valence-electron chi connectivity index (χ3n) is 2.09. The van der Waals surface area contributed by atoms with Crippen LogP contribution in [0.15, 0.2) is 6.20 Å². The minimum atomic E-state index is -3.06. The molecule has 0 radical (unpaired) electrons. The van der Waals surface area contributed by atoms with Gasteiger partial charge in [-0.2, -0.15) is 0 Å². The van der Waals surface area contributed by atoms with Gasteiger partial charge in [-0.25, -0.2) is 28.3 Å². The van der Waals surface area contributed by atoms with Gasteiger partial charge in [-0.15, -0.1) is 0 Å². The molecule has 0 aliphatic heterocycles. The van der Waals surface area contributed by atoms with Crippen molar-refractivity contribution in [2.75, 3.05) is 0 Å². The molecule has 0 fully saturated rings. The van der Waals surface area contributed by atoms with Crippen LogP contribution >= 0.6 is 0 Å². The zero-order valence-corrected chi connectivity index (χ0v) is 11.7. The lowest BCUT2D eigenvalue weighted by Gasteiger charge is -2.19. The van der Waals surface area contributed by atoms with E-state index in [9.17, 15) is 18.4 Å². The van der Waals surface area contributed by atoms with Gasteiger partial charge in [0.15, 0.2) is 0 Å². The van der Waals surface area contributed by atoms with Crippen LogP contribution in [0.4, 0.5) is 13.6 Å². The van der Waals surface area contributed by atoms with Crippen LogP contribution in [0.3, 0.4) is 0 Å². The predicted octanol–water partition coefficient (Wildman–Crippen LogP) is 2.14.